The van der Waals surface area contributed by atoms with E-state index in [1.54, 1.807) is 6.08 Å². The quantitative estimate of drug-likeness (QED) is 0.244. The second-order valence-electron chi connectivity index (χ2n) is 9.10. The molecule has 1 aliphatic rings. The maximum absolute atomic E-state index is 12.1. The van der Waals surface area contributed by atoms with Gasteiger partial charge in [-0.15, -0.1) is 0 Å². The molecule has 2 heterocycles. The number of carbonyl (C=O) groups excluding carboxylic acids is 1. The van der Waals surface area contributed by atoms with Crippen LogP contribution in [-0.2, 0) is 22.6 Å². The fourth-order valence-electron chi connectivity index (χ4n) is 4.22. The van der Waals surface area contributed by atoms with Crippen molar-refractivity contribution in [3.63, 3.8) is 0 Å². The van der Waals surface area contributed by atoms with E-state index in [1.165, 1.54) is 34.1 Å². The number of nitrogens with zero attached hydrogens (tertiary/aromatic N) is 1. The van der Waals surface area contributed by atoms with E-state index in [0.717, 1.165) is 51.0 Å². The van der Waals surface area contributed by atoms with Crippen LogP contribution in [0.2, 0.25) is 0 Å². The number of amides is 1. The Hall–Kier alpha value is -3.63. The number of aryl methyl sites for hydroxylation is 1. The summed E-state index contributed by atoms with van der Waals surface area (Å²) in [5.74, 6) is -2.81. The molecule has 204 valence electrons. The van der Waals surface area contributed by atoms with Gasteiger partial charge in [-0.25, -0.2) is 9.80 Å². The summed E-state index contributed by atoms with van der Waals surface area (Å²) < 4.78 is 31.7. The number of alkyl halides is 3. The van der Waals surface area contributed by atoms with E-state index in [2.05, 4.69) is 71.2 Å². The monoisotopic (exact) mass is 530 g/mol. The van der Waals surface area contributed by atoms with Gasteiger partial charge in [-0.05, 0) is 61.6 Å². The molecule has 0 bridgehead atoms. The average molecular weight is 531 g/mol. The Kier molecular flexibility index (Phi) is 10.5. The molecule has 0 saturated carbocycles. The smallest absolute Gasteiger partial charge is 0.475 e. The molecule has 1 aliphatic heterocycles. The number of carboxylic acid groups (broad SMARTS) is 1. The third kappa shape index (κ3) is 9.04. The summed E-state index contributed by atoms with van der Waals surface area (Å²) in [6, 6.07) is 16.8. The largest absolute Gasteiger partial charge is 0.490 e. The summed E-state index contributed by atoms with van der Waals surface area (Å²) in [5, 5.41) is 14.0. The number of para-hydroxylation sites is 1. The van der Waals surface area contributed by atoms with Crippen LogP contribution in [-0.4, -0.2) is 52.8 Å². The molecule has 0 aliphatic carbocycles. The standard InChI is InChI=1S/C26H32N4O.C2HF3O2/c1-20-23(24-7-3-4-8-25(24)28-20)15-16-27-19-22-11-9-21(10-12-22)13-14-26(31)29-30-17-5-2-6-18-30;3-2(4,5)1(6)7/h3-4,7-14,27-28H,2,5-6,15-19H2,1H3,(H,29,31);(H,6,7)/b14-13+;. The predicted octanol–water partition coefficient (Wildman–Crippen LogP) is 4.97. The first kappa shape index (κ1) is 28.9. The number of aliphatic carboxylic acids is 1. The topological polar surface area (TPSA) is 97.5 Å². The van der Waals surface area contributed by atoms with Gasteiger partial charge in [0.25, 0.3) is 5.91 Å². The Bertz CT molecular complexity index is 1230. The normalized spacial score (nSPS) is 14.3. The molecule has 0 atom stereocenters. The Balaban J connectivity index is 0.000000505. The Morgan fingerprint density at radius 2 is 1.71 bits per heavy atom. The molecule has 0 unspecified atom stereocenters. The number of aromatic nitrogens is 1. The summed E-state index contributed by atoms with van der Waals surface area (Å²) in [6.07, 6.45) is 2.97. The summed E-state index contributed by atoms with van der Waals surface area (Å²) in [5.41, 5.74) is 9.09. The minimum atomic E-state index is -5.08. The number of aromatic amines is 1. The van der Waals surface area contributed by atoms with Gasteiger partial charge in [0, 0.05) is 42.3 Å². The SMILES string of the molecule is Cc1[nH]c2ccccc2c1CCNCc1ccc(/C=C/C(=O)NN2CCCCC2)cc1.O=C(O)C(F)(F)F. The number of rotatable bonds is 8. The van der Waals surface area contributed by atoms with Gasteiger partial charge in [-0.2, -0.15) is 13.2 Å². The van der Waals surface area contributed by atoms with Crippen LogP contribution < -0.4 is 10.7 Å². The summed E-state index contributed by atoms with van der Waals surface area (Å²) >= 11 is 0. The lowest BCUT2D eigenvalue weighted by Gasteiger charge is -2.26. The van der Waals surface area contributed by atoms with Crippen LogP contribution in [0.5, 0.6) is 0 Å². The maximum Gasteiger partial charge on any atom is 0.490 e. The number of carbonyl (C=O) groups is 2. The van der Waals surface area contributed by atoms with Gasteiger partial charge in [0.2, 0.25) is 0 Å². The Morgan fingerprint density at radius 1 is 1.05 bits per heavy atom. The average Bonchev–Trinajstić information content (AvgIpc) is 3.21. The van der Waals surface area contributed by atoms with E-state index < -0.39 is 12.1 Å². The molecule has 4 N–H and O–H groups in total. The number of piperidine rings is 1. The second-order valence-corrected chi connectivity index (χ2v) is 9.10. The molecule has 38 heavy (non-hydrogen) atoms. The van der Waals surface area contributed by atoms with E-state index in [0.29, 0.717) is 0 Å². The van der Waals surface area contributed by atoms with Crippen LogP contribution in [0.15, 0.2) is 54.6 Å². The van der Waals surface area contributed by atoms with Gasteiger partial charge < -0.3 is 15.4 Å². The highest BCUT2D eigenvalue weighted by Gasteiger charge is 2.38. The van der Waals surface area contributed by atoms with Crippen molar-refractivity contribution in [1.29, 1.82) is 0 Å². The molecule has 1 amide bonds. The summed E-state index contributed by atoms with van der Waals surface area (Å²) in [4.78, 5) is 24.4. The van der Waals surface area contributed by atoms with E-state index in [-0.39, 0.29) is 5.91 Å². The van der Waals surface area contributed by atoms with E-state index >= 15 is 0 Å². The van der Waals surface area contributed by atoms with Crippen molar-refractivity contribution in [3.05, 3.63) is 77.0 Å². The molecular formula is C28H33F3N4O3. The van der Waals surface area contributed by atoms with Crippen molar-refractivity contribution in [2.45, 2.75) is 45.3 Å². The molecule has 3 aromatic rings. The highest BCUT2D eigenvalue weighted by Crippen LogP contribution is 2.22. The van der Waals surface area contributed by atoms with Crippen molar-refractivity contribution < 1.29 is 27.9 Å². The van der Waals surface area contributed by atoms with E-state index in [4.69, 9.17) is 9.90 Å². The van der Waals surface area contributed by atoms with Crippen LogP contribution in [0.4, 0.5) is 13.2 Å². The number of hydrazine groups is 1. The van der Waals surface area contributed by atoms with Crippen LogP contribution in [0.3, 0.4) is 0 Å². The van der Waals surface area contributed by atoms with Gasteiger partial charge >= 0.3 is 12.1 Å². The predicted molar refractivity (Wildman–Crippen MR) is 141 cm³/mol. The first-order valence-corrected chi connectivity index (χ1v) is 12.5. The van der Waals surface area contributed by atoms with Gasteiger partial charge in [-0.1, -0.05) is 48.9 Å². The summed E-state index contributed by atoms with van der Waals surface area (Å²) in [7, 11) is 0. The minimum Gasteiger partial charge on any atom is -0.475 e. The molecule has 1 saturated heterocycles. The van der Waals surface area contributed by atoms with Crippen molar-refractivity contribution in [2.24, 2.45) is 0 Å². The second kappa shape index (κ2) is 13.8. The first-order valence-electron chi connectivity index (χ1n) is 12.5. The van der Waals surface area contributed by atoms with Crippen LogP contribution >= 0.6 is 0 Å². The van der Waals surface area contributed by atoms with Gasteiger partial charge in [0.15, 0.2) is 0 Å². The molecule has 4 rings (SSSR count). The van der Waals surface area contributed by atoms with Gasteiger partial charge in [-0.3, -0.25) is 10.2 Å². The number of fused-ring (bicyclic) bond motifs is 1. The lowest BCUT2D eigenvalue weighted by atomic mass is 10.1. The number of H-pyrrole nitrogens is 1. The number of benzene rings is 2. The zero-order valence-corrected chi connectivity index (χ0v) is 21.3. The van der Waals surface area contributed by atoms with Crippen LogP contribution in [0, 0.1) is 6.92 Å². The highest BCUT2D eigenvalue weighted by atomic mass is 19.4. The lowest BCUT2D eigenvalue weighted by Crippen LogP contribution is -2.44. The molecule has 0 radical (unpaired) electrons. The van der Waals surface area contributed by atoms with Crippen LogP contribution in [0.25, 0.3) is 17.0 Å². The zero-order valence-electron chi connectivity index (χ0n) is 21.3. The van der Waals surface area contributed by atoms with Crippen molar-refractivity contribution in [1.82, 2.24) is 20.7 Å². The third-order valence-electron chi connectivity index (χ3n) is 6.18. The summed E-state index contributed by atoms with van der Waals surface area (Å²) in [6.45, 7) is 5.80. The zero-order chi connectivity index (χ0) is 27.5. The Labute approximate surface area is 219 Å². The van der Waals surface area contributed by atoms with Crippen LogP contribution in [0.1, 0.15) is 41.6 Å². The first-order chi connectivity index (χ1) is 18.1. The maximum atomic E-state index is 12.1. The fraction of sp³-hybridized carbons (Fsp3) is 0.357. The fourth-order valence-corrected chi connectivity index (χ4v) is 4.22. The molecule has 7 nitrogen and oxygen atoms in total. The lowest BCUT2D eigenvalue weighted by molar-refractivity contribution is -0.192. The van der Waals surface area contributed by atoms with Gasteiger partial charge in [0.05, 0.1) is 0 Å². The Morgan fingerprint density at radius 3 is 2.37 bits per heavy atom. The minimum absolute atomic E-state index is 0.0554. The van der Waals surface area contributed by atoms with E-state index in [1.807, 2.05) is 11.1 Å². The molecule has 10 heteroatoms. The molecule has 2 aromatic carbocycles. The molecular weight excluding hydrogens is 497 g/mol. The number of halogens is 3. The third-order valence-corrected chi connectivity index (χ3v) is 6.18. The number of carboxylic acids is 1. The molecule has 0 spiro atoms. The number of hydrogen-bond donors (Lipinski definition) is 4. The highest BCUT2D eigenvalue weighted by molar-refractivity contribution is 5.91. The van der Waals surface area contributed by atoms with Gasteiger partial charge in [0.1, 0.15) is 0 Å². The number of hydrogen-bond acceptors (Lipinski definition) is 4. The van der Waals surface area contributed by atoms with E-state index in [9.17, 15) is 18.0 Å². The van der Waals surface area contributed by atoms with Crippen molar-refractivity contribution in [3.8, 4) is 0 Å². The molecule has 1 fully saturated rings. The van der Waals surface area contributed by atoms with Crippen molar-refractivity contribution in [2.75, 3.05) is 19.6 Å². The number of nitrogens with one attached hydrogen (secondary N) is 3. The molecule has 1 aromatic heterocycles. The van der Waals surface area contributed by atoms with Crippen molar-refractivity contribution >= 4 is 28.9 Å².